The molecule has 0 aliphatic heterocycles. The SMILES string of the molecule is c1ccc([S+](c2ccccc2)C2c3ccccc3-c3ccccc32)cc1. The van der Waals surface area contributed by atoms with Crippen molar-refractivity contribution in [3.05, 3.63) is 120 Å². The Morgan fingerprint density at radius 3 is 1.27 bits per heavy atom. The van der Waals surface area contributed by atoms with Crippen molar-refractivity contribution in [2.75, 3.05) is 0 Å². The van der Waals surface area contributed by atoms with Gasteiger partial charge < -0.3 is 0 Å². The van der Waals surface area contributed by atoms with E-state index in [0.29, 0.717) is 5.25 Å². The normalized spacial score (nSPS) is 12.8. The van der Waals surface area contributed by atoms with Gasteiger partial charge in [0.1, 0.15) is 0 Å². The molecule has 0 amide bonds. The van der Waals surface area contributed by atoms with Crippen molar-refractivity contribution in [3.8, 4) is 11.1 Å². The van der Waals surface area contributed by atoms with E-state index in [1.807, 2.05) is 0 Å². The minimum Gasteiger partial charge on any atom is -0.0619 e. The highest BCUT2D eigenvalue weighted by Gasteiger charge is 2.43. The molecule has 124 valence electrons. The van der Waals surface area contributed by atoms with E-state index in [0.717, 1.165) is 0 Å². The van der Waals surface area contributed by atoms with E-state index >= 15 is 0 Å². The lowest BCUT2D eigenvalue weighted by Crippen LogP contribution is -2.14. The lowest BCUT2D eigenvalue weighted by molar-refractivity contribution is 1.17. The first-order valence-electron chi connectivity index (χ1n) is 8.95. The lowest BCUT2D eigenvalue weighted by atomic mass is 10.1. The van der Waals surface area contributed by atoms with E-state index in [-0.39, 0.29) is 10.9 Å². The van der Waals surface area contributed by atoms with Crippen LogP contribution in [0.1, 0.15) is 16.4 Å². The summed E-state index contributed by atoms with van der Waals surface area (Å²) in [6, 6.07) is 39.8. The van der Waals surface area contributed by atoms with Gasteiger partial charge in [0, 0.05) is 11.1 Å². The fourth-order valence-electron chi connectivity index (χ4n) is 3.91. The molecule has 0 spiro atoms. The summed E-state index contributed by atoms with van der Waals surface area (Å²) in [5, 5.41) is 0.368. The van der Waals surface area contributed by atoms with Crippen LogP contribution >= 0.6 is 0 Å². The van der Waals surface area contributed by atoms with Crippen molar-refractivity contribution in [1.82, 2.24) is 0 Å². The van der Waals surface area contributed by atoms with Gasteiger partial charge in [-0.05, 0) is 35.4 Å². The molecule has 1 aliphatic carbocycles. The number of benzene rings is 4. The van der Waals surface area contributed by atoms with Crippen LogP contribution in [0.15, 0.2) is 119 Å². The fraction of sp³-hybridized carbons (Fsp3) is 0.0400. The van der Waals surface area contributed by atoms with E-state index in [4.69, 9.17) is 0 Å². The van der Waals surface area contributed by atoms with Gasteiger partial charge in [-0.1, -0.05) is 84.9 Å². The fourth-order valence-corrected chi connectivity index (χ4v) is 6.54. The second-order valence-electron chi connectivity index (χ2n) is 6.52. The Bertz CT molecular complexity index is 953. The molecule has 0 fully saturated rings. The topological polar surface area (TPSA) is 0 Å². The number of hydrogen-bond acceptors (Lipinski definition) is 0. The molecule has 0 radical (unpaired) electrons. The average Bonchev–Trinajstić information content (AvgIpc) is 3.05. The maximum absolute atomic E-state index is 2.31. The second-order valence-corrected chi connectivity index (χ2v) is 8.61. The van der Waals surface area contributed by atoms with Crippen LogP contribution in [-0.4, -0.2) is 0 Å². The molecule has 1 aliphatic rings. The highest BCUT2D eigenvalue weighted by molar-refractivity contribution is 7.97. The number of fused-ring (bicyclic) bond motifs is 3. The van der Waals surface area contributed by atoms with Gasteiger partial charge in [0.15, 0.2) is 15.0 Å². The van der Waals surface area contributed by atoms with Gasteiger partial charge >= 0.3 is 0 Å². The molecule has 4 aromatic carbocycles. The zero-order valence-electron chi connectivity index (χ0n) is 14.4. The van der Waals surface area contributed by atoms with Crippen LogP contribution in [0.2, 0.25) is 0 Å². The highest BCUT2D eigenvalue weighted by atomic mass is 32.2. The van der Waals surface area contributed by atoms with Crippen LogP contribution in [0, 0.1) is 0 Å². The Morgan fingerprint density at radius 1 is 0.423 bits per heavy atom. The third-order valence-corrected chi connectivity index (χ3v) is 7.55. The first-order chi connectivity index (χ1) is 12.9. The van der Waals surface area contributed by atoms with E-state index in [2.05, 4.69) is 109 Å². The van der Waals surface area contributed by atoms with Crippen LogP contribution in [0.4, 0.5) is 0 Å². The summed E-state index contributed by atoms with van der Waals surface area (Å²) in [5.41, 5.74) is 5.67. The summed E-state index contributed by atoms with van der Waals surface area (Å²) < 4.78 is 0. The Kier molecular flexibility index (Phi) is 3.88. The maximum atomic E-state index is 2.31. The van der Waals surface area contributed by atoms with E-state index in [1.165, 1.54) is 32.0 Å². The van der Waals surface area contributed by atoms with Gasteiger partial charge in [-0.2, -0.15) is 0 Å². The van der Waals surface area contributed by atoms with Crippen LogP contribution in [0.3, 0.4) is 0 Å². The summed E-state index contributed by atoms with van der Waals surface area (Å²) in [6.07, 6.45) is 0. The second kappa shape index (κ2) is 6.51. The van der Waals surface area contributed by atoms with E-state index < -0.39 is 0 Å². The average molecular weight is 351 g/mol. The summed E-state index contributed by atoms with van der Waals surface area (Å²) in [4.78, 5) is 2.80. The molecule has 1 heteroatoms. The van der Waals surface area contributed by atoms with Crippen molar-refractivity contribution in [3.63, 3.8) is 0 Å². The Balaban J connectivity index is 1.77. The Labute approximate surface area is 157 Å². The molecule has 0 atom stereocenters. The van der Waals surface area contributed by atoms with Gasteiger partial charge in [0.05, 0.1) is 10.9 Å². The van der Waals surface area contributed by atoms with Crippen LogP contribution < -0.4 is 0 Å². The first kappa shape index (κ1) is 15.5. The van der Waals surface area contributed by atoms with Gasteiger partial charge in [-0.3, -0.25) is 0 Å². The third kappa shape index (κ3) is 2.48. The molecule has 26 heavy (non-hydrogen) atoms. The summed E-state index contributed by atoms with van der Waals surface area (Å²) >= 11 is 0. The van der Waals surface area contributed by atoms with Crippen LogP contribution in [-0.2, 0) is 10.9 Å². The molecule has 5 rings (SSSR count). The molecular formula is C25H19S+. The van der Waals surface area contributed by atoms with Gasteiger partial charge in [0.2, 0.25) is 0 Å². The molecule has 0 bridgehead atoms. The molecule has 0 unspecified atom stereocenters. The van der Waals surface area contributed by atoms with Crippen molar-refractivity contribution in [2.24, 2.45) is 0 Å². The zero-order valence-corrected chi connectivity index (χ0v) is 15.2. The zero-order chi connectivity index (χ0) is 17.3. The lowest BCUT2D eigenvalue weighted by Gasteiger charge is -2.17. The summed E-state index contributed by atoms with van der Waals surface area (Å²) in [7, 11) is -0.0493. The predicted molar refractivity (Wildman–Crippen MR) is 111 cm³/mol. The molecule has 0 heterocycles. The Hall–Kier alpha value is -2.77. The van der Waals surface area contributed by atoms with Gasteiger partial charge in [-0.15, -0.1) is 0 Å². The molecule has 4 aromatic rings. The first-order valence-corrected chi connectivity index (χ1v) is 10.2. The highest BCUT2D eigenvalue weighted by Crippen LogP contribution is 2.51. The van der Waals surface area contributed by atoms with Gasteiger partial charge in [-0.25, -0.2) is 0 Å². The monoisotopic (exact) mass is 351 g/mol. The maximum Gasteiger partial charge on any atom is 0.180 e. The van der Waals surface area contributed by atoms with E-state index in [9.17, 15) is 0 Å². The van der Waals surface area contributed by atoms with Crippen LogP contribution in [0.25, 0.3) is 11.1 Å². The van der Waals surface area contributed by atoms with Crippen LogP contribution in [0.5, 0.6) is 0 Å². The molecule has 0 aromatic heterocycles. The minimum atomic E-state index is -0.0493. The van der Waals surface area contributed by atoms with Crippen molar-refractivity contribution >= 4 is 10.9 Å². The quantitative estimate of drug-likeness (QED) is 0.370. The summed E-state index contributed by atoms with van der Waals surface area (Å²) in [5.74, 6) is 0. The van der Waals surface area contributed by atoms with Crippen molar-refractivity contribution < 1.29 is 0 Å². The van der Waals surface area contributed by atoms with Gasteiger partial charge in [0.25, 0.3) is 0 Å². The summed E-state index contributed by atoms with van der Waals surface area (Å²) in [6.45, 7) is 0. The number of rotatable bonds is 3. The molecule has 0 N–H and O–H groups in total. The van der Waals surface area contributed by atoms with Crippen molar-refractivity contribution in [1.29, 1.82) is 0 Å². The third-order valence-electron chi connectivity index (χ3n) is 5.01. The smallest absolute Gasteiger partial charge is 0.0619 e. The standard InChI is InChI=1S/C25H19S/c1-3-11-19(12-4-1)26(20-13-5-2-6-14-20)25-23-17-9-7-15-21(23)22-16-8-10-18-24(22)25/h1-18,25H/q+1. The Morgan fingerprint density at radius 2 is 0.808 bits per heavy atom. The molecular weight excluding hydrogens is 332 g/mol. The number of hydrogen-bond donors (Lipinski definition) is 0. The van der Waals surface area contributed by atoms with Crippen molar-refractivity contribution in [2.45, 2.75) is 15.0 Å². The molecule has 0 saturated heterocycles. The minimum absolute atomic E-state index is 0.0493. The van der Waals surface area contributed by atoms with E-state index in [1.54, 1.807) is 0 Å². The molecule has 0 saturated carbocycles. The molecule has 0 nitrogen and oxygen atoms in total. The predicted octanol–water partition coefficient (Wildman–Crippen LogP) is 6.49. The largest absolute Gasteiger partial charge is 0.180 e.